The van der Waals surface area contributed by atoms with Gasteiger partial charge in [0.2, 0.25) is 0 Å². The van der Waals surface area contributed by atoms with Crippen LogP contribution in [0.25, 0.3) is 120 Å². The van der Waals surface area contributed by atoms with Gasteiger partial charge in [-0.15, -0.1) is 11.3 Å². The highest BCUT2D eigenvalue weighted by Crippen LogP contribution is 2.59. The Hall–Kier alpha value is -6.54. The van der Waals surface area contributed by atoms with E-state index in [1.807, 2.05) is 11.3 Å². The van der Waals surface area contributed by atoms with E-state index >= 15 is 0 Å². The number of fused-ring (bicyclic) bond motifs is 9. The minimum absolute atomic E-state index is 1.25. The molecule has 1 aliphatic carbocycles. The lowest BCUT2D eigenvalue weighted by Crippen LogP contribution is -1.94. The van der Waals surface area contributed by atoms with Crippen LogP contribution in [0.1, 0.15) is 0 Å². The summed E-state index contributed by atoms with van der Waals surface area (Å²) in [5.74, 6) is 0. The topological polar surface area (TPSA) is 0 Å². The summed E-state index contributed by atoms with van der Waals surface area (Å²) in [4.78, 5) is 0. The average Bonchev–Trinajstić information content (AvgIpc) is 3.84. The molecule has 0 fully saturated rings. The molecule has 1 aliphatic rings. The van der Waals surface area contributed by atoms with E-state index in [-0.39, 0.29) is 0 Å². The maximum absolute atomic E-state index is 2.42. The van der Waals surface area contributed by atoms with Gasteiger partial charge in [0.05, 0.1) is 0 Å². The van der Waals surface area contributed by atoms with E-state index < -0.39 is 0 Å². The zero-order valence-corrected chi connectivity index (χ0v) is 29.5. The molecule has 0 amide bonds. The Morgan fingerprint density at radius 1 is 0.283 bits per heavy atom. The SMILES string of the molecule is c1ccc2cc(-c3c4c(c(-c5ccc6ccccc6c5)c5ccccc35)-c3ccc(-c5cc6ccccc6c6ccsc56)c5cccc-4c35)ccc2c1. The Bertz CT molecular complexity index is 3210. The molecule has 0 atom stereocenters. The van der Waals surface area contributed by atoms with Crippen molar-refractivity contribution in [3.8, 4) is 55.6 Å². The van der Waals surface area contributed by atoms with Gasteiger partial charge in [0.15, 0.2) is 0 Å². The Morgan fingerprint density at radius 2 is 0.811 bits per heavy atom. The van der Waals surface area contributed by atoms with Crippen LogP contribution in [0.4, 0.5) is 0 Å². The van der Waals surface area contributed by atoms with Crippen LogP contribution in [0, 0.1) is 0 Å². The third-order valence-electron chi connectivity index (χ3n) is 11.6. The summed E-state index contributed by atoms with van der Waals surface area (Å²) in [5.41, 5.74) is 13.0. The van der Waals surface area contributed by atoms with E-state index in [4.69, 9.17) is 0 Å². The smallest absolute Gasteiger partial charge is 0.0427 e. The Balaban J connectivity index is 1.23. The van der Waals surface area contributed by atoms with Crippen molar-refractivity contribution in [2.45, 2.75) is 0 Å². The molecule has 11 aromatic rings. The molecule has 0 unspecified atom stereocenters. The molecular weight excluding hydrogens is 657 g/mol. The molecule has 0 N–H and O–H groups in total. The van der Waals surface area contributed by atoms with Crippen LogP contribution in [0.15, 0.2) is 181 Å². The first-order chi connectivity index (χ1) is 26.3. The highest BCUT2D eigenvalue weighted by molar-refractivity contribution is 7.18. The van der Waals surface area contributed by atoms with E-state index in [1.54, 1.807) is 0 Å². The Kier molecular flexibility index (Phi) is 6.03. The van der Waals surface area contributed by atoms with Crippen LogP contribution >= 0.6 is 11.3 Å². The number of thiophene rings is 1. The molecule has 244 valence electrons. The number of rotatable bonds is 3. The van der Waals surface area contributed by atoms with Gasteiger partial charge in [0.25, 0.3) is 0 Å². The number of hydrogen-bond acceptors (Lipinski definition) is 1. The average molecular weight is 687 g/mol. The molecule has 0 saturated carbocycles. The second kappa shape index (κ2) is 11.0. The van der Waals surface area contributed by atoms with Gasteiger partial charge in [0.1, 0.15) is 0 Å². The lowest BCUT2D eigenvalue weighted by atomic mass is 9.82. The summed E-state index contributed by atoms with van der Waals surface area (Å²) in [6.07, 6.45) is 0. The second-order valence-corrected chi connectivity index (χ2v) is 15.3. The Morgan fingerprint density at radius 3 is 1.47 bits per heavy atom. The van der Waals surface area contributed by atoms with E-state index in [0.29, 0.717) is 0 Å². The van der Waals surface area contributed by atoms with E-state index in [9.17, 15) is 0 Å². The van der Waals surface area contributed by atoms with Gasteiger partial charge < -0.3 is 0 Å². The van der Waals surface area contributed by atoms with Crippen molar-refractivity contribution in [1.82, 2.24) is 0 Å². The van der Waals surface area contributed by atoms with Crippen molar-refractivity contribution in [2.24, 2.45) is 0 Å². The maximum atomic E-state index is 2.42. The van der Waals surface area contributed by atoms with Gasteiger partial charge in [-0.3, -0.25) is 0 Å². The molecule has 1 heterocycles. The van der Waals surface area contributed by atoms with Crippen molar-refractivity contribution in [3.05, 3.63) is 181 Å². The van der Waals surface area contributed by atoms with Crippen molar-refractivity contribution in [1.29, 1.82) is 0 Å². The molecule has 10 aromatic carbocycles. The van der Waals surface area contributed by atoms with Crippen LogP contribution in [-0.2, 0) is 0 Å². The zero-order valence-electron chi connectivity index (χ0n) is 28.7. The van der Waals surface area contributed by atoms with Gasteiger partial charge in [-0.25, -0.2) is 0 Å². The monoisotopic (exact) mass is 686 g/mol. The molecule has 0 spiro atoms. The van der Waals surface area contributed by atoms with Gasteiger partial charge in [-0.1, -0.05) is 152 Å². The largest absolute Gasteiger partial charge is 0.143 e. The van der Waals surface area contributed by atoms with Crippen LogP contribution in [-0.4, -0.2) is 0 Å². The predicted molar refractivity (Wildman–Crippen MR) is 230 cm³/mol. The number of benzene rings is 10. The molecule has 0 saturated heterocycles. The van der Waals surface area contributed by atoms with Gasteiger partial charge in [-0.05, 0) is 134 Å². The zero-order chi connectivity index (χ0) is 34.6. The van der Waals surface area contributed by atoms with Crippen LogP contribution in [0.2, 0.25) is 0 Å². The van der Waals surface area contributed by atoms with Crippen LogP contribution < -0.4 is 0 Å². The van der Waals surface area contributed by atoms with Gasteiger partial charge in [-0.2, -0.15) is 0 Å². The molecule has 53 heavy (non-hydrogen) atoms. The maximum Gasteiger partial charge on any atom is 0.0427 e. The second-order valence-electron chi connectivity index (χ2n) is 14.4. The fourth-order valence-corrected chi connectivity index (χ4v) is 10.3. The van der Waals surface area contributed by atoms with Crippen molar-refractivity contribution >= 4 is 75.3 Å². The minimum Gasteiger partial charge on any atom is -0.143 e. The summed E-state index contributed by atoms with van der Waals surface area (Å²) in [6, 6.07) is 65.9. The molecule has 0 nitrogen and oxygen atoms in total. The van der Waals surface area contributed by atoms with Crippen LogP contribution in [0.5, 0.6) is 0 Å². The fraction of sp³-hybridized carbons (Fsp3) is 0. The summed E-state index contributed by atoms with van der Waals surface area (Å²) in [7, 11) is 0. The predicted octanol–water partition coefficient (Wildman–Crippen LogP) is 15.3. The first-order valence-electron chi connectivity index (χ1n) is 18.3. The van der Waals surface area contributed by atoms with E-state index in [1.165, 1.54) is 120 Å². The Labute approximate surface area is 310 Å². The fourth-order valence-electron chi connectivity index (χ4n) is 9.34. The standard InChI is InChI=1S/C52H30S/c1-3-12-33-28-36(22-20-31(33)10-1)47-41-16-7-8-17-42(41)48(37-23-21-32-11-2-4-13-34(32)29-37)51-45-25-24-39(40-18-9-19-44(49(40)45)50(47)51)46-30-35-14-5-6-15-38(35)43-26-27-53-52(43)46/h1-30H. The molecular formula is C52H30S. The highest BCUT2D eigenvalue weighted by atomic mass is 32.1. The van der Waals surface area contributed by atoms with Crippen LogP contribution in [0.3, 0.4) is 0 Å². The lowest BCUT2D eigenvalue weighted by Gasteiger charge is -2.21. The summed E-state index contributed by atoms with van der Waals surface area (Å²) in [6.45, 7) is 0. The molecule has 0 bridgehead atoms. The molecule has 12 rings (SSSR count). The van der Waals surface area contributed by atoms with E-state index in [2.05, 4.69) is 181 Å². The molecule has 0 radical (unpaired) electrons. The normalized spacial score (nSPS) is 12.2. The summed E-state index contributed by atoms with van der Waals surface area (Å²) in [5, 5.41) is 16.4. The quantitative estimate of drug-likeness (QED) is 0.174. The summed E-state index contributed by atoms with van der Waals surface area (Å²) >= 11 is 1.85. The third-order valence-corrected chi connectivity index (χ3v) is 12.6. The van der Waals surface area contributed by atoms with E-state index in [0.717, 1.165) is 0 Å². The first kappa shape index (κ1) is 29.1. The molecule has 0 aliphatic heterocycles. The third kappa shape index (κ3) is 4.11. The van der Waals surface area contributed by atoms with Gasteiger partial charge in [0, 0.05) is 15.6 Å². The lowest BCUT2D eigenvalue weighted by molar-refractivity contribution is 1.65. The number of hydrogen-bond donors (Lipinski definition) is 0. The molecule has 1 heteroatoms. The van der Waals surface area contributed by atoms with Crippen molar-refractivity contribution in [3.63, 3.8) is 0 Å². The van der Waals surface area contributed by atoms with Gasteiger partial charge >= 0.3 is 0 Å². The minimum atomic E-state index is 1.25. The van der Waals surface area contributed by atoms with Crippen molar-refractivity contribution in [2.75, 3.05) is 0 Å². The molecule has 1 aromatic heterocycles. The first-order valence-corrected chi connectivity index (χ1v) is 19.2. The summed E-state index contributed by atoms with van der Waals surface area (Å²) < 4.78 is 1.35. The highest BCUT2D eigenvalue weighted by Gasteiger charge is 2.31. The van der Waals surface area contributed by atoms with Crippen molar-refractivity contribution < 1.29 is 0 Å².